The maximum atomic E-state index is 12.3. The van der Waals surface area contributed by atoms with E-state index < -0.39 is 7.60 Å². The zero-order valence-corrected chi connectivity index (χ0v) is 12.4. The Bertz CT molecular complexity index is 304. The van der Waals surface area contributed by atoms with E-state index in [2.05, 4.69) is 0 Å². The van der Waals surface area contributed by atoms with Gasteiger partial charge in [-0.3, -0.25) is 9.36 Å². The molecule has 0 saturated carbocycles. The van der Waals surface area contributed by atoms with E-state index in [-0.39, 0.29) is 23.9 Å². The van der Waals surface area contributed by atoms with Crippen LogP contribution in [-0.2, 0) is 18.4 Å². The number of hydrogen-bond donors (Lipinski definition) is 0. The molecule has 0 aromatic rings. The number of hydrogen-bond acceptors (Lipinski definition) is 4. The third-order valence-electron chi connectivity index (χ3n) is 1.71. The van der Waals surface area contributed by atoms with E-state index in [4.69, 9.17) is 9.05 Å². The van der Waals surface area contributed by atoms with Gasteiger partial charge in [-0.25, -0.2) is 0 Å². The molecule has 5 heteroatoms. The molecule has 0 fully saturated rings. The van der Waals surface area contributed by atoms with Crippen molar-refractivity contribution in [2.45, 2.75) is 53.8 Å². The molecule has 0 aliphatic rings. The highest BCUT2D eigenvalue weighted by Gasteiger charge is 2.24. The van der Waals surface area contributed by atoms with Gasteiger partial charge in [0.25, 0.3) is 0 Å². The van der Waals surface area contributed by atoms with Crippen LogP contribution in [0.5, 0.6) is 0 Å². The van der Waals surface area contributed by atoms with Crippen molar-refractivity contribution in [3.05, 3.63) is 11.9 Å². The number of rotatable bonds is 7. The number of carbonyl (C=O) groups excluding carboxylic acids is 1. The molecule has 0 aliphatic heterocycles. The van der Waals surface area contributed by atoms with Crippen molar-refractivity contribution in [2.24, 2.45) is 5.92 Å². The zero-order valence-electron chi connectivity index (χ0n) is 11.5. The maximum Gasteiger partial charge on any atom is 0.354 e. The first-order valence-corrected chi connectivity index (χ1v) is 7.47. The predicted octanol–water partition coefficient (Wildman–Crippen LogP) is 3.77. The molecule has 100 valence electrons. The van der Waals surface area contributed by atoms with Gasteiger partial charge in [-0.05, 0) is 33.8 Å². The van der Waals surface area contributed by atoms with Crippen LogP contribution < -0.4 is 0 Å². The van der Waals surface area contributed by atoms with E-state index in [1.54, 1.807) is 41.5 Å². The summed E-state index contributed by atoms with van der Waals surface area (Å²) in [5.41, 5.74) is 0. The van der Waals surface area contributed by atoms with Crippen molar-refractivity contribution in [3.8, 4) is 0 Å². The zero-order chi connectivity index (χ0) is 13.6. The first-order valence-electron chi connectivity index (χ1n) is 5.86. The Balaban J connectivity index is 4.82. The molecule has 0 amide bonds. The lowest BCUT2D eigenvalue weighted by molar-refractivity contribution is -0.117. The summed E-state index contributed by atoms with van der Waals surface area (Å²) in [7, 11) is -3.33. The molecule has 17 heavy (non-hydrogen) atoms. The molecule has 0 rings (SSSR count). The van der Waals surface area contributed by atoms with Crippen molar-refractivity contribution in [1.29, 1.82) is 0 Å². The quantitative estimate of drug-likeness (QED) is 0.517. The van der Waals surface area contributed by atoms with Gasteiger partial charge in [0.15, 0.2) is 5.78 Å². The molecule has 0 bridgehead atoms. The van der Waals surface area contributed by atoms with Crippen LogP contribution >= 0.6 is 7.60 Å². The van der Waals surface area contributed by atoms with E-state index in [1.165, 1.54) is 11.9 Å². The van der Waals surface area contributed by atoms with Gasteiger partial charge < -0.3 is 9.05 Å². The minimum absolute atomic E-state index is 0.0927. The highest BCUT2D eigenvalue weighted by Crippen LogP contribution is 2.52. The topological polar surface area (TPSA) is 52.6 Å². The van der Waals surface area contributed by atoms with Crippen LogP contribution in [0.15, 0.2) is 11.9 Å². The minimum atomic E-state index is -3.33. The Morgan fingerprint density at radius 3 is 1.71 bits per heavy atom. The maximum absolute atomic E-state index is 12.3. The summed E-state index contributed by atoms with van der Waals surface area (Å²) in [5.74, 6) is 1.04. The van der Waals surface area contributed by atoms with Gasteiger partial charge in [-0.15, -0.1) is 0 Å². The average molecular weight is 262 g/mol. The molecule has 0 saturated heterocycles. The van der Waals surface area contributed by atoms with E-state index in [1.807, 2.05) is 0 Å². The molecule has 0 N–H and O–H groups in total. The highest BCUT2D eigenvalue weighted by molar-refractivity contribution is 7.57. The van der Waals surface area contributed by atoms with E-state index in [9.17, 15) is 9.36 Å². The first kappa shape index (κ1) is 16.6. The molecule has 0 radical (unpaired) electrons. The lowest BCUT2D eigenvalue weighted by atomic mass is 10.1. The predicted molar refractivity (Wildman–Crippen MR) is 69.0 cm³/mol. The fourth-order valence-corrected chi connectivity index (χ4v) is 2.74. The molecule has 4 nitrogen and oxygen atoms in total. The molecular weight excluding hydrogens is 239 g/mol. The fourth-order valence-electron chi connectivity index (χ4n) is 1.04. The van der Waals surface area contributed by atoms with Crippen molar-refractivity contribution >= 4 is 13.4 Å². The van der Waals surface area contributed by atoms with Gasteiger partial charge in [0.2, 0.25) is 0 Å². The van der Waals surface area contributed by atoms with Crippen molar-refractivity contribution in [1.82, 2.24) is 0 Å². The summed E-state index contributed by atoms with van der Waals surface area (Å²) >= 11 is 0. The Morgan fingerprint density at radius 2 is 1.41 bits per heavy atom. The summed E-state index contributed by atoms with van der Waals surface area (Å²) in [6, 6.07) is 0. The standard InChI is InChI=1S/C12H23O4P/c1-9(2)12(13)7-8-17(14,15-10(3)4)16-11(5)6/h7-11H,1-6H3/b8-7+. The molecule has 0 atom stereocenters. The van der Waals surface area contributed by atoms with Gasteiger partial charge >= 0.3 is 7.60 Å². The minimum Gasteiger partial charge on any atom is -0.303 e. The number of carbonyl (C=O) groups is 1. The Hall–Kier alpha value is -0.440. The monoisotopic (exact) mass is 262 g/mol. The largest absolute Gasteiger partial charge is 0.354 e. The van der Waals surface area contributed by atoms with Crippen LogP contribution in [0.4, 0.5) is 0 Å². The highest BCUT2D eigenvalue weighted by atomic mass is 31.2. The molecular formula is C12H23O4P. The van der Waals surface area contributed by atoms with Crippen molar-refractivity contribution < 1.29 is 18.4 Å². The van der Waals surface area contributed by atoms with Crippen molar-refractivity contribution in [2.75, 3.05) is 0 Å². The van der Waals surface area contributed by atoms with Gasteiger partial charge in [-0.2, -0.15) is 0 Å². The molecule has 0 spiro atoms. The first-order chi connectivity index (χ1) is 7.66. The summed E-state index contributed by atoms with van der Waals surface area (Å²) in [5, 5.41) is 0. The van der Waals surface area contributed by atoms with Gasteiger partial charge in [0.05, 0.1) is 12.2 Å². The smallest absolute Gasteiger partial charge is 0.303 e. The fraction of sp³-hybridized carbons (Fsp3) is 0.750. The summed E-state index contributed by atoms with van der Waals surface area (Å²) in [4.78, 5) is 11.4. The second-order valence-corrected chi connectivity index (χ2v) is 6.52. The summed E-state index contributed by atoms with van der Waals surface area (Å²) in [6.07, 6.45) is 0.840. The average Bonchev–Trinajstić information content (AvgIpc) is 2.11. The van der Waals surface area contributed by atoms with Crippen LogP contribution in [0, 0.1) is 5.92 Å². The lowest BCUT2D eigenvalue weighted by Crippen LogP contribution is -2.07. The van der Waals surface area contributed by atoms with E-state index in [0.717, 1.165) is 0 Å². The summed E-state index contributed by atoms with van der Waals surface area (Å²) < 4.78 is 22.8. The second-order valence-electron chi connectivity index (χ2n) is 4.72. The van der Waals surface area contributed by atoms with E-state index in [0.29, 0.717) is 0 Å². The van der Waals surface area contributed by atoms with Gasteiger partial charge in [0.1, 0.15) is 0 Å². The van der Waals surface area contributed by atoms with Crippen LogP contribution in [0.1, 0.15) is 41.5 Å². The Labute approximate surface area is 104 Å². The van der Waals surface area contributed by atoms with Gasteiger partial charge in [-0.1, -0.05) is 13.8 Å². The van der Waals surface area contributed by atoms with Crippen LogP contribution in [-0.4, -0.2) is 18.0 Å². The van der Waals surface area contributed by atoms with E-state index >= 15 is 0 Å². The van der Waals surface area contributed by atoms with Crippen LogP contribution in [0.3, 0.4) is 0 Å². The molecule has 0 aromatic heterocycles. The SMILES string of the molecule is CC(C)OP(=O)(/C=C/C(=O)C(C)C)OC(C)C. The number of ketones is 1. The molecule has 0 unspecified atom stereocenters. The number of allylic oxidation sites excluding steroid dienone is 1. The molecule has 0 heterocycles. The molecule has 0 aliphatic carbocycles. The summed E-state index contributed by atoms with van der Waals surface area (Å²) in [6.45, 7) is 10.7. The Morgan fingerprint density at radius 1 is 1.00 bits per heavy atom. The van der Waals surface area contributed by atoms with Crippen molar-refractivity contribution in [3.63, 3.8) is 0 Å². The Kier molecular flexibility index (Phi) is 6.91. The third-order valence-corrected chi connectivity index (χ3v) is 3.65. The van der Waals surface area contributed by atoms with Crippen LogP contribution in [0.25, 0.3) is 0 Å². The lowest BCUT2D eigenvalue weighted by Gasteiger charge is -2.19. The normalized spacial score (nSPS) is 13.2. The second kappa shape index (κ2) is 7.10. The van der Waals surface area contributed by atoms with Crippen LogP contribution in [0.2, 0.25) is 0 Å². The molecule has 0 aromatic carbocycles. The third kappa shape index (κ3) is 7.48. The van der Waals surface area contributed by atoms with Gasteiger partial charge in [0, 0.05) is 11.7 Å².